The summed E-state index contributed by atoms with van der Waals surface area (Å²) in [6.45, 7) is 2.01. The summed E-state index contributed by atoms with van der Waals surface area (Å²) >= 11 is 2.84. The van der Waals surface area contributed by atoms with Gasteiger partial charge in [-0.1, -0.05) is 6.92 Å². The zero-order chi connectivity index (χ0) is 9.84. The Labute approximate surface area is 84.7 Å². The first-order chi connectivity index (χ1) is 6.19. The Hall–Kier alpha value is -0.680. The smallest absolute Gasteiger partial charge is 0.351 e. The molecule has 0 saturated heterocycles. The van der Waals surface area contributed by atoms with E-state index in [1.165, 1.54) is 18.4 Å². The zero-order valence-electron chi connectivity index (χ0n) is 7.36. The fraction of sp³-hybridized carbons (Fsp3) is 0.375. The number of carbonyl (C=O) groups excluding carboxylic acids is 1. The van der Waals surface area contributed by atoms with Crippen LogP contribution in [-0.4, -0.2) is 23.9 Å². The highest BCUT2D eigenvalue weighted by molar-refractivity contribution is 8.01. The maximum atomic E-state index is 11.1. The number of thiophene rings is 1. The van der Waals surface area contributed by atoms with E-state index in [9.17, 15) is 9.90 Å². The van der Waals surface area contributed by atoms with Gasteiger partial charge in [0.15, 0.2) is 4.88 Å². The number of thioether (sulfide) groups is 1. The fourth-order valence-electron chi connectivity index (χ4n) is 0.812. The number of ether oxygens (including phenoxy) is 1. The molecule has 3 nitrogen and oxygen atoms in total. The van der Waals surface area contributed by atoms with Crippen molar-refractivity contribution in [3.8, 4) is 5.75 Å². The van der Waals surface area contributed by atoms with E-state index in [2.05, 4.69) is 4.74 Å². The van der Waals surface area contributed by atoms with E-state index >= 15 is 0 Å². The van der Waals surface area contributed by atoms with Crippen LogP contribution in [0.2, 0.25) is 0 Å². The summed E-state index contributed by atoms with van der Waals surface area (Å²) in [7, 11) is 1.30. The van der Waals surface area contributed by atoms with Crippen molar-refractivity contribution in [2.75, 3.05) is 12.9 Å². The average molecular weight is 218 g/mol. The van der Waals surface area contributed by atoms with Gasteiger partial charge in [0.25, 0.3) is 0 Å². The molecule has 1 rings (SSSR count). The predicted molar refractivity (Wildman–Crippen MR) is 53.7 cm³/mol. The van der Waals surface area contributed by atoms with Crippen molar-refractivity contribution in [3.63, 3.8) is 0 Å². The van der Waals surface area contributed by atoms with E-state index in [-0.39, 0.29) is 10.6 Å². The third-order valence-electron chi connectivity index (χ3n) is 1.35. The molecule has 0 aliphatic rings. The van der Waals surface area contributed by atoms with Crippen LogP contribution >= 0.6 is 23.1 Å². The molecule has 1 aromatic rings. The minimum absolute atomic E-state index is 0.00722. The highest BCUT2D eigenvalue weighted by Gasteiger charge is 2.15. The lowest BCUT2D eigenvalue weighted by Crippen LogP contribution is -1.97. The molecule has 0 unspecified atom stereocenters. The lowest BCUT2D eigenvalue weighted by atomic mass is 10.4. The molecule has 1 N–H and O–H groups in total. The monoisotopic (exact) mass is 218 g/mol. The molecule has 1 heterocycles. The van der Waals surface area contributed by atoms with Crippen molar-refractivity contribution in [1.82, 2.24) is 0 Å². The standard InChI is InChI=1S/C8H10O3S2/c1-3-12-6-4-5(9)7(13-6)8(10)11-2/h4,9H,3H2,1-2H3. The largest absolute Gasteiger partial charge is 0.506 e. The minimum Gasteiger partial charge on any atom is -0.506 e. The van der Waals surface area contributed by atoms with Crippen LogP contribution < -0.4 is 0 Å². The number of rotatable bonds is 3. The Morgan fingerprint density at radius 2 is 2.46 bits per heavy atom. The van der Waals surface area contributed by atoms with Crippen LogP contribution in [0.25, 0.3) is 0 Å². The maximum absolute atomic E-state index is 11.1. The summed E-state index contributed by atoms with van der Waals surface area (Å²) < 4.78 is 5.44. The molecule has 5 heteroatoms. The molecule has 13 heavy (non-hydrogen) atoms. The van der Waals surface area contributed by atoms with Crippen LogP contribution in [0.15, 0.2) is 10.3 Å². The van der Waals surface area contributed by atoms with Gasteiger partial charge in [0.1, 0.15) is 5.75 Å². The fourth-order valence-corrected chi connectivity index (χ4v) is 2.83. The summed E-state index contributed by atoms with van der Waals surface area (Å²) in [4.78, 5) is 11.3. The number of hydrogen-bond acceptors (Lipinski definition) is 5. The number of aromatic hydroxyl groups is 1. The molecule has 0 amide bonds. The molecule has 0 saturated carbocycles. The first-order valence-corrected chi connectivity index (χ1v) is 5.53. The van der Waals surface area contributed by atoms with Crippen molar-refractivity contribution < 1.29 is 14.6 Å². The second kappa shape index (κ2) is 4.53. The van der Waals surface area contributed by atoms with Crippen molar-refractivity contribution in [1.29, 1.82) is 0 Å². The Morgan fingerprint density at radius 3 is 3.00 bits per heavy atom. The number of esters is 1. The van der Waals surface area contributed by atoms with Gasteiger partial charge < -0.3 is 9.84 Å². The topological polar surface area (TPSA) is 46.5 Å². The molecule has 1 aromatic heterocycles. The molecular weight excluding hydrogens is 208 g/mol. The van der Waals surface area contributed by atoms with Gasteiger partial charge in [-0.15, -0.1) is 23.1 Å². The first-order valence-electron chi connectivity index (χ1n) is 3.73. The van der Waals surface area contributed by atoms with E-state index in [0.717, 1.165) is 9.96 Å². The third-order valence-corrected chi connectivity index (χ3v) is 3.54. The quantitative estimate of drug-likeness (QED) is 0.625. The molecular formula is C8H10O3S2. The lowest BCUT2D eigenvalue weighted by molar-refractivity contribution is 0.0603. The molecule has 0 aromatic carbocycles. The van der Waals surface area contributed by atoms with Gasteiger partial charge in [-0.3, -0.25) is 0 Å². The number of methoxy groups -OCH3 is 1. The lowest BCUT2D eigenvalue weighted by Gasteiger charge is -1.93. The second-order valence-electron chi connectivity index (χ2n) is 2.20. The van der Waals surface area contributed by atoms with Gasteiger partial charge in [0, 0.05) is 6.07 Å². The van der Waals surface area contributed by atoms with Gasteiger partial charge in [-0.25, -0.2) is 4.79 Å². The maximum Gasteiger partial charge on any atom is 0.351 e. The highest BCUT2D eigenvalue weighted by Crippen LogP contribution is 2.35. The molecule has 0 bridgehead atoms. The Balaban J connectivity index is 2.89. The SMILES string of the molecule is CCSc1cc(O)c(C(=O)OC)s1. The molecule has 0 spiro atoms. The third kappa shape index (κ3) is 2.38. The summed E-state index contributed by atoms with van der Waals surface area (Å²) in [5.41, 5.74) is 0. The van der Waals surface area contributed by atoms with Crippen LogP contribution in [0.3, 0.4) is 0 Å². The van der Waals surface area contributed by atoms with Crippen molar-refractivity contribution in [3.05, 3.63) is 10.9 Å². The van der Waals surface area contributed by atoms with Gasteiger partial charge >= 0.3 is 5.97 Å². The van der Waals surface area contributed by atoms with E-state index in [1.54, 1.807) is 17.8 Å². The molecule has 0 aliphatic carbocycles. The zero-order valence-corrected chi connectivity index (χ0v) is 9.00. The van der Waals surface area contributed by atoms with Gasteiger partial charge in [-0.2, -0.15) is 0 Å². The Bertz CT molecular complexity index is 306. The summed E-state index contributed by atoms with van der Waals surface area (Å²) in [6.07, 6.45) is 0. The van der Waals surface area contributed by atoms with Gasteiger partial charge in [-0.05, 0) is 5.75 Å². The molecule has 0 radical (unpaired) electrons. The average Bonchev–Trinajstić information content (AvgIpc) is 2.46. The molecule has 0 atom stereocenters. The number of carbonyl (C=O) groups is 1. The van der Waals surface area contributed by atoms with Crippen molar-refractivity contribution in [2.45, 2.75) is 11.1 Å². The first kappa shape index (κ1) is 10.4. The molecule has 72 valence electrons. The summed E-state index contributed by atoms with van der Waals surface area (Å²) in [5, 5.41) is 9.36. The van der Waals surface area contributed by atoms with Crippen LogP contribution in [-0.2, 0) is 4.74 Å². The normalized spacial score (nSPS) is 10.0. The van der Waals surface area contributed by atoms with E-state index < -0.39 is 5.97 Å². The minimum atomic E-state index is -0.481. The van der Waals surface area contributed by atoms with Gasteiger partial charge in [0.2, 0.25) is 0 Å². The van der Waals surface area contributed by atoms with E-state index in [0.29, 0.717) is 0 Å². The van der Waals surface area contributed by atoms with Gasteiger partial charge in [0.05, 0.1) is 11.3 Å². The highest BCUT2D eigenvalue weighted by atomic mass is 32.2. The second-order valence-corrected chi connectivity index (χ2v) is 4.82. The van der Waals surface area contributed by atoms with E-state index in [1.807, 2.05) is 6.92 Å². The predicted octanol–water partition coefficient (Wildman–Crippen LogP) is 2.35. The van der Waals surface area contributed by atoms with E-state index in [4.69, 9.17) is 0 Å². The Morgan fingerprint density at radius 1 is 1.77 bits per heavy atom. The van der Waals surface area contributed by atoms with Crippen LogP contribution in [0.4, 0.5) is 0 Å². The van der Waals surface area contributed by atoms with Crippen LogP contribution in [0, 0.1) is 0 Å². The van der Waals surface area contributed by atoms with Crippen LogP contribution in [0.5, 0.6) is 5.75 Å². The summed E-state index contributed by atoms with van der Waals surface area (Å²) in [6, 6.07) is 1.59. The Kier molecular flexibility index (Phi) is 3.62. The molecule has 0 aliphatic heterocycles. The molecule has 0 fully saturated rings. The van der Waals surface area contributed by atoms with Crippen molar-refractivity contribution >= 4 is 29.1 Å². The summed E-state index contributed by atoms with van der Waals surface area (Å²) in [5.74, 6) is 0.443. The van der Waals surface area contributed by atoms with Crippen LogP contribution in [0.1, 0.15) is 16.6 Å². The van der Waals surface area contributed by atoms with Crippen molar-refractivity contribution in [2.24, 2.45) is 0 Å². The number of hydrogen-bond donors (Lipinski definition) is 1.